The van der Waals surface area contributed by atoms with Gasteiger partial charge in [0.2, 0.25) is 5.91 Å². The number of hydrogen-bond acceptors (Lipinski definition) is 4. The van der Waals surface area contributed by atoms with Gasteiger partial charge in [-0.15, -0.1) is 0 Å². The molecule has 1 aliphatic rings. The molecule has 1 N–H and O–H groups in total. The summed E-state index contributed by atoms with van der Waals surface area (Å²) in [5.74, 6) is 0.560. The molecule has 1 unspecified atom stereocenters. The third-order valence-corrected chi connectivity index (χ3v) is 6.81. The van der Waals surface area contributed by atoms with Crippen LogP contribution in [0.25, 0.3) is 0 Å². The van der Waals surface area contributed by atoms with Crippen molar-refractivity contribution < 1.29 is 17.9 Å². The van der Waals surface area contributed by atoms with Gasteiger partial charge in [-0.1, -0.05) is 25.1 Å². The first-order valence-corrected chi connectivity index (χ1v) is 11.4. The molecule has 0 spiro atoms. The van der Waals surface area contributed by atoms with Gasteiger partial charge in [-0.3, -0.25) is 4.79 Å². The van der Waals surface area contributed by atoms with E-state index < -0.39 is 10.2 Å². The van der Waals surface area contributed by atoms with Crippen LogP contribution in [0.2, 0.25) is 0 Å². The lowest BCUT2D eigenvalue weighted by molar-refractivity contribution is -0.126. The molecule has 7 nitrogen and oxygen atoms in total. The van der Waals surface area contributed by atoms with Gasteiger partial charge in [-0.2, -0.15) is 17.0 Å². The molecule has 0 saturated carbocycles. The first-order chi connectivity index (χ1) is 13.4. The van der Waals surface area contributed by atoms with E-state index >= 15 is 0 Å². The van der Waals surface area contributed by atoms with E-state index in [9.17, 15) is 13.2 Å². The van der Waals surface area contributed by atoms with Gasteiger partial charge in [-0.25, -0.2) is 0 Å². The Bertz CT molecular complexity index is 737. The average Bonchev–Trinajstić information content (AvgIpc) is 2.70. The number of hydrogen-bond donors (Lipinski definition) is 1. The topological polar surface area (TPSA) is 79.0 Å². The Balaban J connectivity index is 1.80. The summed E-state index contributed by atoms with van der Waals surface area (Å²) in [7, 11) is -0.437. The Morgan fingerprint density at radius 2 is 2.07 bits per heavy atom. The summed E-state index contributed by atoms with van der Waals surface area (Å²) in [6.45, 7) is 4.06. The van der Waals surface area contributed by atoms with E-state index in [1.54, 1.807) is 0 Å². The second-order valence-electron chi connectivity index (χ2n) is 7.34. The standard InChI is InChI=1S/C20H33N3O4S/c1-4-15-27-19-12-6-5-9-17(19)10-7-13-21-20(24)18-11-8-14-23(16-18)28(25,26)22(2)3/h5-6,9,12,18H,4,7-8,10-11,13-16H2,1-3H3,(H,21,24). The molecule has 1 atom stereocenters. The zero-order chi connectivity index (χ0) is 20.6. The molecule has 158 valence electrons. The van der Waals surface area contributed by atoms with Gasteiger partial charge >= 0.3 is 0 Å². The Hall–Kier alpha value is -1.64. The third kappa shape index (κ3) is 6.18. The summed E-state index contributed by atoms with van der Waals surface area (Å²) < 4.78 is 32.9. The van der Waals surface area contributed by atoms with Gasteiger partial charge in [0.25, 0.3) is 10.2 Å². The fourth-order valence-corrected chi connectivity index (χ4v) is 4.48. The normalized spacial score (nSPS) is 18.2. The number of piperidine rings is 1. The fraction of sp³-hybridized carbons (Fsp3) is 0.650. The molecular weight excluding hydrogens is 378 g/mol. The van der Waals surface area contributed by atoms with E-state index in [0.717, 1.165) is 37.0 Å². The molecule has 28 heavy (non-hydrogen) atoms. The smallest absolute Gasteiger partial charge is 0.281 e. The van der Waals surface area contributed by atoms with E-state index in [1.165, 1.54) is 22.7 Å². The van der Waals surface area contributed by atoms with Crippen molar-refractivity contribution in [2.75, 3.05) is 40.3 Å². The van der Waals surface area contributed by atoms with Crippen molar-refractivity contribution in [3.63, 3.8) is 0 Å². The predicted octanol–water partition coefficient (Wildman–Crippen LogP) is 2.04. The molecule has 1 fully saturated rings. The zero-order valence-electron chi connectivity index (χ0n) is 17.2. The van der Waals surface area contributed by atoms with Crippen LogP contribution < -0.4 is 10.1 Å². The molecule has 0 bridgehead atoms. The number of rotatable bonds is 10. The third-order valence-electron chi connectivity index (χ3n) is 4.90. The van der Waals surface area contributed by atoms with Crippen molar-refractivity contribution in [2.24, 2.45) is 5.92 Å². The quantitative estimate of drug-likeness (QED) is 0.598. The summed E-state index contributed by atoms with van der Waals surface area (Å²) in [5.41, 5.74) is 1.14. The zero-order valence-corrected chi connectivity index (χ0v) is 18.0. The lowest BCUT2D eigenvalue weighted by atomic mass is 9.99. The first kappa shape index (κ1) is 22.6. The second-order valence-corrected chi connectivity index (χ2v) is 9.48. The van der Waals surface area contributed by atoms with Crippen molar-refractivity contribution >= 4 is 16.1 Å². The molecule has 1 saturated heterocycles. The van der Waals surface area contributed by atoms with Crippen molar-refractivity contribution in [3.8, 4) is 5.75 Å². The Morgan fingerprint density at radius 3 is 2.79 bits per heavy atom. The minimum atomic E-state index is -3.47. The summed E-state index contributed by atoms with van der Waals surface area (Å²) >= 11 is 0. The van der Waals surface area contributed by atoms with Crippen LogP contribution in [0.5, 0.6) is 5.75 Å². The van der Waals surface area contributed by atoms with Crippen molar-refractivity contribution in [3.05, 3.63) is 29.8 Å². The SMILES string of the molecule is CCCOc1ccccc1CCCNC(=O)C1CCCN(S(=O)(=O)N(C)C)C1. The van der Waals surface area contributed by atoms with Crippen LogP contribution in [0.3, 0.4) is 0 Å². The first-order valence-electron chi connectivity index (χ1n) is 10.0. The van der Waals surface area contributed by atoms with E-state index in [1.807, 2.05) is 18.2 Å². The number of nitrogens with one attached hydrogen (secondary N) is 1. The van der Waals surface area contributed by atoms with Crippen LogP contribution in [-0.2, 0) is 21.4 Å². The number of carbonyl (C=O) groups is 1. The summed E-state index contributed by atoms with van der Waals surface area (Å²) in [6, 6.07) is 7.99. The van der Waals surface area contributed by atoms with Gasteiger partial charge in [0.05, 0.1) is 12.5 Å². The lowest BCUT2D eigenvalue weighted by Crippen LogP contribution is -2.48. The maximum absolute atomic E-state index is 12.5. The number of aryl methyl sites for hydroxylation is 1. The molecule has 1 aromatic rings. The average molecular weight is 412 g/mol. The van der Waals surface area contributed by atoms with E-state index in [-0.39, 0.29) is 18.4 Å². The minimum absolute atomic E-state index is 0.0609. The molecule has 0 radical (unpaired) electrons. The number of carbonyl (C=O) groups excluding carboxylic acids is 1. The van der Waals surface area contributed by atoms with Crippen LogP contribution in [0, 0.1) is 5.92 Å². The minimum Gasteiger partial charge on any atom is -0.493 e. The van der Waals surface area contributed by atoms with Crippen LogP contribution in [0.15, 0.2) is 24.3 Å². The Morgan fingerprint density at radius 1 is 1.32 bits per heavy atom. The highest BCUT2D eigenvalue weighted by Gasteiger charge is 2.33. The number of benzene rings is 1. The molecule has 1 amide bonds. The highest BCUT2D eigenvalue weighted by molar-refractivity contribution is 7.86. The predicted molar refractivity (Wildman–Crippen MR) is 110 cm³/mol. The molecule has 1 aliphatic heterocycles. The molecular formula is C20H33N3O4S. The van der Waals surface area contributed by atoms with Crippen LogP contribution in [0.1, 0.15) is 38.2 Å². The maximum Gasteiger partial charge on any atom is 0.281 e. The monoisotopic (exact) mass is 411 g/mol. The molecule has 0 aliphatic carbocycles. The molecule has 0 aromatic heterocycles. The fourth-order valence-electron chi connectivity index (χ4n) is 3.29. The second kappa shape index (κ2) is 10.8. The van der Waals surface area contributed by atoms with Gasteiger partial charge in [-0.05, 0) is 43.7 Å². The van der Waals surface area contributed by atoms with Gasteiger partial charge < -0.3 is 10.1 Å². The molecule has 1 heterocycles. The Kier molecular flexibility index (Phi) is 8.72. The largest absolute Gasteiger partial charge is 0.493 e. The van der Waals surface area contributed by atoms with Gasteiger partial charge in [0.15, 0.2) is 0 Å². The highest BCUT2D eigenvalue weighted by atomic mass is 32.2. The van der Waals surface area contributed by atoms with E-state index in [2.05, 4.69) is 18.3 Å². The molecule has 1 aromatic carbocycles. The van der Waals surface area contributed by atoms with Crippen molar-refractivity contribution in [1.82, 2.24) is 13.9 Å². The van der Waals surface area contributed by atoms with Gasteiger partial charge in [0, 0.05) is 33.7 Å². The summed E-state index contributed by atoms with van der Waals surface area (Å²) in [4.78, 5) is 12.5. The van der Waals surface area contributed by atoms with Crippen LogP contribution >= 0.6 is 0 Å². The number of para-hydroxylation sites is 1. The Labute approximate surface area is 169 Å². The van der Waals surface area contributed by atoms with Crippen LogP contribution in [0.4, 0.5) is 0 Å². The number of nitrogens with zero attached hydrogens (tertiary/aromatic N) is 2. The summed E-state index contributed by atoms with van der Waals surface area (Å²) in [5, 5.41) is 2.97. The van der Waals surface area contributed by atoms with Crippen molar-refractivity contribution in [2.45, 2.75) is 39.0 Å². The van der Waals surface area contributed by atoms with Crippen molar-refractivity contribution in [1.29, 1.82) is 0 Å². The van der Waals surface area contributed by atoms with Crippen LogP contribution in [-0.4, -0.2) is 63.3 Å². The molecule has 2 rings (SSSR count). The molecule has 8 heteroatoms. The van der Waals surface area contributed by atoms with Gasteiger partial charge in [0.1, 0.15) is 5.75 Å². The number of ether oxygens (including phenoxy) is 1. The lowest BCUT2D eigenvalue weighted by Gasteiger charge is -2.32. The highest BCUT2D eigenvalue weighted by Crippen LogP contribution is 2.21. The number of amides is 1. The van der Waals surface area contributed by atoms with E-state index in [0.29, 0.717) is 26.1 Å². The maximum atomic E-state index is 12.5. The summed E-state index contributed by atoms with van der Waals surface area (Å²) in [6.07, 6.45) is 4.02. The van der Waals surface area contributed by atoms with E-state index in [4.69, 9.17) is 4.74 Å².